The summed E-state index contributed by atoms with van der Waals surface area (Å²) in [6, 6.07) is 10.2. The van der Waals surface area contributed by atoms with Crippen molar-refractivity contribution < 1.29 is 5.11 Å². The lowest BCUT2D eigenvalue weighted by Crippen LogP contribution is -2.31. The number of hydrogen-bond donors (Lipinski definition) is 1. The maximum absolute atomic E-state index is 9.40. The summed E-state index contributed by atoms with van der Waals surface area (Å²) in [5, 5.41) is 10.2. The predicted octanol–water partition coefficient (Wildman–Crippen LogP) is 2.72. The Balaban J connectivity index is 3.01. The standard InChI is InChI=1S/C11H15BrO/c1-2-11(8-12,9-13)10-6-4-3-5-7-10/h3-7,13H,2,8-9H2,1H3. The minimum atomic E-state index is -0.110. The predicted molar refractivity (Wildman–Crippen MR) is 59.3 cm³/mol. The van der Waals surface area contributed by atoms with Gasteiger partial charge in [0, 0.05) is 10.7 Å². The van der Waals surface area contributed by atoms with Gasteiger partial charge in [-0.1, -0.05) is 53.2 Å². The molecule has 0 heterocycles. The highest BCUT2D eigenvalue weighted by atomic mass is 79.9. The molecule has 72 valence electrons. The maximum Gasteiger partial charge on any atom is 0.0535 e. The SMILES string of the molecule is CCC(CO)(CBr)c1ccccc1. The highest BCUT2D eigenvalue weighted by Crippen LogP contribution is 2.29. The molecule has 1 nitrogen and oxygen atoms in total. The number of halogens is 1. The third kappa shape index (κ3) is 2.12. The molecule has 1 aromatic carbocycles. The first kappa shape index (κ1) is 10.7. The average Bonchev–Trinajstić information content (AvgIpc) is 2.23. The van der Waals surface area contributed by atoms with Gasteiger partial charge in [-0.2, -0.15) is 0 Å². The maximum atomic E-state index is 9.40. The van der Waals surface area contributed by atoms with E-state index in [1.807, 2.05) is 18.2 Å². The highest BCUT2D eigenvalue weighted by Gasteiger charge is 2.27. The van der Waals surface area contributed by atoms with E-state index in [2.05, 4.69) is 35.0 Å². The molecule has 0 aliphatic carbocycles. The zero-order chi connectivity index (χ0) is 9.73. The Morgan fingerprint density at radius 2 is 1.92 bits per heavy atom. The number of rotatable bonds is 4. The van der Waals surface area contributed by atoms with E-state index in [1.54, 1.807) is 0 Å². The normalized spacial score (nSPS) is 15.3. The van der Waals surface area contributed by atoms with Crippen molar-refractivity contribution in [2.24, 2.45) is 0 Å². The van der Waals surface area contributed by atoms with Crippen LogP contribution >= 0.6 is 15.9 Å². The Bertz CT molecular complexity index is 233. The molecule has 0 bridgehead atoms. The molecule has 1 N–H and O–H groups in total. The number of hydrogen-bond acceptors (Lipinski definition) is 1. The fourth-order valence-corrected chi connectivity index (χ4v) is 2.31. The van der Waals surface area contributed by atoms with Gasteiger partial charge in [-0.3, -0.25) is 0 Å². The highest BCUT2D eigenvalue weighted by molar-refractivity contribution is 9.09. The van der Waals surface area contributed by atoms with Gasteiger partial charge in [-0.15, -0.1) is 0 Å². The van der Waals surface area contributed by atoms with Crippen LogP contribution in [0.15, 0.2) is 30.3 Å². The quantitative estimate of drug-likeness (QED) is 0.806. The third-order valence-corrected chi connectivity index (χ3v) is 3.69. The molecule has 1 unspecified atom stereocenters. The zero-order valence-corrected chi connectivity index (χ0v) is 9.42. The number of aliphatic hydroxyl groups excluding tert-OH is 1. The summed E-state index contributed by atoms with van der Waals surface area (Å²) < 4.78 is 0. The Morgan fingerprint density at radius 3 is 2.31 bits per heavy atom. The molecule has 0 amide bonds. The molecule has 0 saturated heterocycles. The van der Waals surface area contributed by atoms with Crippen LogP contribution < -0.4 is 0 Å². The lowest BCUT2D eigenvalue weighted by molar-refractivity contribution is 0.205. The van der Waals surface area contributed by atoms with Crippen LogP contribution in [0.25, 0.3) is 0 Å². The van der Waals surface area contributed by atoms with Crippen molar-refractivity contribution in [2.75, 3.05) is 11.9 Å². The molecule has 0 aliphatic rings. The first-order chi connectivity index (χ1) is 6.29. The van der Waals surface area contributed by atoms with E-state index in [0.717, 1.165) is 11.8 Å². The molecule has 13 heavy (non-hydrogen) atoms. The molecular weight excluding hydrogens is 228 g/mol. The van der Waals surface area contributed by atoms with Crippen LogP contribution in [0.1, 0.15) is 18.9 Å². The van der Waals surface area contributed by atoms with Crippen LogP contribution in [-0.2, 0) is 5.41 Å². The van der Waals surface area contributed by atoms with E-state index in [9.17, 15) is 5.11 Å². The lowest BCUT2D eigenvalue weighted by atomic mass is 9.81. The summed E-state index contributed by atoms with van der Waals surface area (Å²) in [5.74, 6) is 0. The fraction of sp³-hybridized carbons (Fsp3) is 0.455. The van der Waals surface area contributed by atoms with E-state index in [0.29, 0.717) is 0 Å². The summed E-state index contributed by atoms with van der Waals surface area (Å²) in [6.07, 6.45) is 0.943. The van der Waals surface area contributed by atoms with Crippen molar-refractivity contribution in [3.8, 4) is 0 Å². The molecule has 2 heteroatoms. The Kier molecular flexibility index (Phi) is 3.94. The van der Waals surface area contributed by atoms with Gasteiger partial charge in [0.05, 0.1) is 6.61 Å². The van der Waals surface area contributed by atoms with E-state index >= 15 is 0 Å². The Hall–Kier alpha value is -0.340. The third-order valence-electron chi connectivity index (χ3n) is 2.62. The van der Waals surface area contributed by atoms with Crippen molar-refractivity contribution >= 4 is 15.9 Å². The van der Waals surface area contributed by atoms with Gasteiger partial charge in [-0.05, 0) is 12.0 Å². The lowest BCUT2D eigenvalue weighted by Gasteiger charge is -2.28. The number of aliphatic hydroxyl groups is 1. The molecule has 0 spiro atoms. The summed E-state index contributed by atoms with van der Waals surface area (Å²) in [5.41, 5.74) is 1.10. The van der Waals surface area contributed by atoms with Gasteiger partial charge in [-0.25, -0.2) is 0 Å². The van der Waals surface area contributed by atoms with Crippen LogP contribution in [-0.4, -0.2) is 17.0 Å². The van der Waals surface area contributed by atoms with E-state index in [1.165, 1.54) is 5.56 Å². The largest absolute Gasteiger partial charge is 0.395 e. The smallest absolute Gasteiger partial charge is 0.0535 e. The second-order valence-corrected chi connectivity index (χ2v) is 3.85. The summed E-state index contributed by atoms with van der Waals surface area (Å²) in [4.78, 5) is 0. The van der Waals surface area contributed by atoms with Crippen LogP contribution in [0.3, 0.4) is 0 Å². The molecule has 1 aromatic rings. The first-order valence-electron chi connectivity index (χ1n) is 4.51. The average molecular weight is 243 g/mol. The molecular formula is C11H15BrO. The van der Waals surface area contributed by atoms with Crippen molar-refractivity contribution in [3.05, 3.63) is 35.9 Å². The van der Waals surface area contributed by atoms with Gasteiger partial charge in [0.25, 0.3) is 0 Å². The topological polar surface area (TPSA) is 20.2 Å². The van der Waals surface area contributed by atoms with Crippen LogP contribution in [0.2, 0.25) is 0 Å². The molecule has 1 rings (SSSR count). The van der Waals surface area contributed by atoms with Gasteiger partial charge in [0.1, 0.15) is 0 Å². The molecule has 0 saturated carbocycles. The number of benzene rings is 1. The van der Waals surface area contributed by atoms with Crippen LogP contribution in [0.4, 0.5) is 0 Å². The van der Waals surface area contributed by atoms with E-state index < -0.39 is 0 Å². The van der Waals surface area contributed by atoms with E-state index in [4.69, 9.17) is 0 Å². The molecule has 0 aliphatic heterocycles. The van der Waals surface area contributed by atoms with Gasteiger partial charge in [0.15, 0.2) is 0 Å². The Labute approximate surface area is 87.9 Å². The Morgan fingerprint density at radius 1 is 1.31 bits per heavy atom. The molecule has 0 aromatic heterocycles. The first-order valence-corrected chi connectivity index (χ1v) is 5.63. The van der Waals surface area contributed by atoms with E-state index in [-0.39, 0.29) is 12.0 Å². The van der Waals surface area contributed by atoms with Crippen LogP contribution in [0.5, 0.6) is 0 Å². The molecule has 1 atom stereocenters. The minimum absolute atomic E-state index is 0.110. The minimum Gasteiger partial charge on any atom is -0.395 e. The molecule has 0 radical (unpaired) electrons. The summed E-state index contributed by atoms with van der Waals surface area (Å²) in [6.45, 7) is 2.29. The monoisotopic (exact) mass is 242 g/mol. The fourth-order valence-electron chi connectivity index (χ4n) is 1.41. The van der Waals surface area contributed by atoms with Crippen molar-refractivity contribution in [2.45, 2.75) is 18.8 Å². The zero-order valence-electron chi connectivity index (χ0n) is 7.83. The summed E-state index contributed by atoms with van der Waals surface area (Å²) in [7, 11) is 0. The molecule has 0 fully saturated rings. The van der Waals surface area contributed by atoms with Gasteiger partial charge in [0.2, 0.25) is 0 Å². The second-order valence-electron chi connectivity index (χ2n) is 3.29. The number of alkyl halides is 1. The van der Waals surface area contributed by atoms with Crippen molar-refractivity contribution in [1.29, 1.82) is 0 Å². The van der Waals surface area contributed by atoms with Crippen LogP contribution in [0, 0.1) is 0 Å². The second kappa shape index (κ2) is 4.77. The van der Waals surface area contributed by atoms with Gasteiger partial charge >= 0.3 is 0 Å². The summed E-state index contributed by atoms with van der Waals surface area (Å²) >= 11 is 3.47. The van der Waals surface area contributed by atoms with Gasteiger partial charge < -0.3 is 5.11 Å². The van der Waals surface area contributed by atoms with Crippen molar-refractivity contribution in [3.63, 3.8) is 0 Å². The van der Waals surface area contributed by atoms with Crippen molar-refractivity contribution in [1.82, 2.24) is 0 Å².